The lowest BCUT2D eigenvalue weighted by Crippen LogP contribution is -2.28. The summed E-state index contributed by atoms with van der Waals surface area (Å²) in [4.78, 5) is 33.6. The quantitative estimate of drug-likeness (QED) is 0.636. The van der Waals surface area contributed by atoms with Crippen LogP contribution in [0.25, 0.3) is 0 Å². The van der Waals surface area contributed by atoms with E-state index in [-0.39, 0.29) is 5.69 Å². The Bertz CT molecular complexity index is 808. The number of rotatable bonds is 5. The van der Waals surface area contributed by atoms with Crippen LogP contribution in [0.1, 0.15) is 29.9 Å². The molecule has 1 aromatic carbocycles. The number of carbonyl (C=O) groups is 2. The number of nitrogens with zero attached hydrogens (tertiary/aromatic N) is 3. The highest BCUT2D eigenvalue weighted by atomic mass is 16.6. The van der Waals surface area contributed by atoms with Gasteiger partial charge in [-0.1, -0.05) is 12.1 Å². The third-order valence-electron chi connectivity index (χ3n) is 3.62. The Morgan fingerprint density at radius 2 is 1.88 bits per heavy atom. The van der Waals surface area contributed by atoms with E-state index in [0.717, 1.165) is 6.20 Å². The molecule has 24 heavy (non-hydrogen) atoms. The topological polar surface area (TPSA) is 127 Å². The Morgan fingerprint density at radius 3 is 2.38 bits per heavy atom. The van der Waals surface area contributed by atoms with Gasteiger partial charge in [-0.2, -0.15) is 5.10 Å². The second-order valence-electron chi connectivity index (χ2n) is 5.76. The van der Waals surface area contributed by atoms with Crippen molar-refractivity contribution in [2.24, 2.45) is 7.05 Å². The molecule has 2 rings (SSSR count). The minimum atomic E-state index is -1.07. The van der Waals surface area contributed by atoms with Crippen molar-refractivity contribution in [1.29, 1.82) is 0 Å². The summed E-state index contributed by atoms with van der Waals surface area (Å²) in [5.41, 5.74) is -0.805. The van der Waals surface area contributed by atoms with Gasteiger partial charge in [0.15, 0.2) is 0 Å². The number of hydrogen-bond acceptors (Lipinski definition) is 5. The second kappa shape index (κ2) is 6.11. The first kappa shape index (κ1) is 17.1. The van der Waals surface area contributed by atoms with Crippen LogP contribution in [0.2, 0.25) is 0 Å². The van der Waals surface area contributed by atoms with Gasteiger partial charge >= 0.3 is 11.7 Å². The average Bonchev–Trinajstić information content (AvgIpc) is 2.90. The summed E-state index contributed by atoms with van der Waals surface area (Å²) in [6.45, 7) is 3.14. The number of nitrogens with one attached hydrogen (secondary N) is 1. The van der Waals surface area contributed by atoms with Crippen molar-refractivity contribution in [3.63, 3.8) is 0 Å². The molecule has 0 unspecified atom stereocenters. The van der Waals surface area contributed by atoms with E-state index in [2.05, 4.69) is 10.4 Å². The van der Waals surface area contributed by atoms with Gasteiger partial charge in [-0.3, -0.25) is 24.4 Å². The normalized spacial score (nSPS) is 11.1. The van der Waals surface area contributed by atoms with Gasteiger partial charge in [0.1, 0.15) is 6.20 Å². The van der Waals surface area contributed by atoms with E-state index in [0.29, 0.717) is 11.3 Å². The number of aliphatic carboxylic acids is 1. The molecule has 0 aliphatic heterocycles. The van der Waals surface area contributed by atoms with Crippen LogP contribution in [0.15, 0.2) is 30.5 Å². The van der Waals surface area contributed by atoms with Crippen LogP contribution in [-0.2, 0) is 17.3 Å². The zero-order chi connectivity index (χ0) is 18.1. The molecule has 9 nitrogen and oxygen atoms in total. The maximum Gasteiger partial charge on any atom is 0.320 e. The van der Waals surface area contributed by atoms with Crippen LogP contribution in [0.4, 0.5) is 11.4 Å². The van der Waals surface area contributed by atoms with E-state index < -0.39 is 27.9 Å². The number of anilines is 1. The lowest BCUT2D eigenvalue weighted by Gasteiger charge is -2.19. The fourth-order valence-electron chi connectivity index (χ4n) is 2.06. The average molecular weight is 332 g/mol. The number of aromatic nitrogens is 2. The van der Waals surface area contributed by atoms with Crippen molar-refractivity contribution in [3.8, 4) is 0 Å². The van der Waals surface area contributed by atoms with Gasteiger partial charge in [-0.15, -0.1) is 0 Å². The first-order valence-electron chi connectivity index (χ1n) is 6.96. The summed E-state index contributed by atoms with van der Waals surface area (Å²) in [5.74, 6) is -1.68. The molecule has 0 radical (unpaired) electrons. The summed E-state index contributed by atoms with van der Waals surface area (Å²) >= 11 is 0. The molecule has 0 saturated heterocycles. The molecule has 126 valence electrons. The smallest absolute Gasteiger partial charge is 0.320 e. The van der Waals surface area contributed by atoms with Crippen molar-refractivity contribution in [2.75, 3.05) is 5.32 Å². The zero-order valence-electron chi connectivity index (χ0n) is 13.3. The van der Waals surface area contributed by atoms with Crippen molar-refractivity contribution < 1.29 is 19.6 Å². The van der Waals surface area contributed by atoms with E-state index >= 15 is 0 Å². The highest BCUT2D eigenvalue weighted by molar-refractivity contribution is 6.05. The molecule has 1 heterocycles. The molecule has 0 saturated carbocycles. The molecule has 1 amide bonds. The maximum absolute atomic E-state index is 12.2. The van der Waals surface area contributed by atoms with Gasteiger partial charge in [0.05, 0.1) is 10.3 Å². The van der Waals surface area contributed by atoms with Gasteiger partial charge in [0, 0.05) is 12.7 Å². The lowest BCUT2D eigenvalue weighted by atomic mass is 9.85. The Hall–Kier alpha value is -3.23. The van der Waals surface area contributed by atoms with Crippen LogP contribution in [-0.4, -0.2) is 31.7 Å². The first-order chi connectivity index (χ1) is 11.1. The molecule has 9 heteroatoms. The van der Waals surface area contributed by atoms with Crippen LogP contribution in [0.5, 0.6) is 0 Å². The number of carbonyl (C=O) groups excluding carboxylic acids is 1. The van der Waals surface area contributed by atoms with Crippen molar-refractivity contribution >= 4 is 23.3 Å². The molecule has 0 spiro atoms. The van der Waals surface area contributed by atoms with Crippen LogP contribution in [0.3, 0.4) is 0 Å². The van der Waals surface area contributed by atoms with E-state index in [1.165, 1.54) is 23.9 Å². The minimum absolute atomic E-state index is 0.294. The predicted octanol–water partition coefficient (Wildman–Crippen LogP) is 1.94. The van der Waals surface area contributed by atoms with Gasteiger partial charge < -0.3 is 10.4 Å². The van der Waals surface area contributed by atoms with E-state index in [4.69, 9.17) is 0 Å². The Morgan fingerprint density at radius 1 is 1.29 bits per heavy atom. The standard InChI is InChI=1S/C15H16N4O5/c1-15(2,14(21)22)9-4-6-10(7-5-9)16-13(20)12-11(19(23)24)8-18(3)17-12/h4-8H,1-3H3,(H,16,20)(H,21,22). The summed E-state index contributed by atoms with van der Waals surface area (Å²) in [6.07, 6.45) is 1.15. The predicted molar refractivity (Wildman–Crippen MR) is 84.9 cm³/mol. The Balaban J connectivity index is 2.22. The number of carboxylic acids is 1. The van der Waals surface area contributed by atoms with Crippen LogP contribution < -0.4 is 5.32 Å². The second-order valence-corrected chi connectivity index (χ2v) is 5.76. The molecule has 2 N–H and O–H groups in total. The molecule has 0 aliphatic rings. The number of nitro groups is 1. The molecule has 0 bridgehead atoms. The van der Waals surface area contributed by atoms with Gasteiger partial charge in [-0.25, -0.2) is 0 Å². The van der Waals surface area contributed by atoms with Crippen molar-refractivity contribution in [3.05, 3.63) is 51.8 Å². The van der Waals surface area contributed by atoms with Crippen molar-refractivity contribution in [2.45, 2.75) is 19.3 Å². The number of hydrogen-bond donors (Lipinski definition) is 2. The Kier molecular flexibility index (Phi) is 4.36. The largest absolute Gasteiger partial charge is 0.481 e. The van der Waals surface area contributed by atoms with E-state index in [9.17, 15) is 24.8 Å². The number of benzene rings is 1. The highest BCUT2D eigenvalue weighted by Gasteiger charge is 2.29. The SMILES string of the molecule is Cn1cc([N+](=O)[O-])c(C(=O)Nc2ccc(C(C)(C)C(=O)O)cc2)n1. The summed E-state index contributed by atoms with van der Waals surface area (Å²) in [6, 6.07) is 6.23. The van der Waals surface area contributed by atoms with Gasteiger partial charge in [0.25, 0.3) is 5.91 Å². The van der Waals surface area contributed by atoms with E-state index in [1.54, 1.807) is 26.0 Å². The van der Waals surface area contributed by atoms with Crippen molar-refractivity contribution in [1.82, 2.24) is 9.78 Å². The monoisotopic (exact) mass is 332 g/mol. The third-order valence-corrected chi connectivity index (χ3v) is 3.62. The number of aryl methyl sites for hydroxylation is 1. The fraction of sp³-hybridized carbons (Fsp3) is 0.267. The Labute approximate surface area is 137 Å². The molecule has 0 atom stereocenters. The lowest BCUT2D eigenvalue weighted by molar-refractivity contribution is -0.385. The highest BCUT2D eigenvalue weighted by Crippen LogP contribution is 2.25. The molecule has 0 fully saturated rings. The van der Waals surface area contributed by atoms with Gasteiger partial charge in [-0.05, 0) is 31.5 Å². The summed E-state index contributed by atoms with van der Waals surface area (Å²) in [7, 11) is 1.48. The number of carboxylic acid groups (broad SMARTS) is 1. The molecule has 0 aliphatic carbocycles. The fourth-order valence-corrected chi connectivity index (χ4v) is 2.06. The summed E-state index contributed by atoms with van der Waals surface area (Å²) < 4.78 is 1.19. The number of amides is 1. The zero-order valence-corrected chi connectivity index (χ0v) is 13.3. The van der Waals surface area contributed by atoms with Crippen LogP contribution in [0, 0.1) is 10.1 Å². The molecule has 2 aromatic rings. The maximum atomic E-state index is 12.2. The molecular formula is C15H16N4O5. The minimum Gasteiger partial charge on any atom is -0.481 e. The molecular weight excluding hydrogens is 316 g/mol. The summed E-state index contributed by atoms with van der Waals surface area (Å²) in [5, 5.41) is 26.4. The molecule has 1 aromatic heterocycles. The first-order valence-corrected chi connectivity index (χ1v) is 6.96. The third kappa shape index (κ3) is 3.24. The van der Waals surface area contributed by atoms with Gasteiger partial charge in [0.2, 0.25) is 5.69 Å². The van der Waals surface area contributed by atoms with E-state index in [1.807, 2.05) is 0 Å². The van der Waals surface area contributed by atoms with Crippen LogP contribution >= 0.6 is 0 Å².